The number of nitrogens with zero attached hydrogens (tertiary/aromatic N) is 4. The standard InChI is InChI=1S/C21H27BrN4O3/c1-14-6-17(9-20(27)28)8-19(7-14)29-5-4-26-15(2)12-25(13-16(26)3)21-23-10-18(22)11-24-21/h6-8,10-11,15-16H,4-5,9,12-13H2,1-3H3,(H,27,28)/t15-,16+. The summed E-state index contributed by atoms with van der Waals surface area (Å²) in [4.78, 5) is 24.5. The van der Waals surface area contributed by atoms with Crippen LogP contribution in [0.25, 0.3) is 0 Å². The number of hydrogen-bond donors (Lipinski definition) is 1. The molecule has 1 fully saturated rings. The monoisotopic (exact) mass is 462 g/mol. The van der Waals surface area contributed by atoms with Gasteiger partial charge in [0.05, 0.1) is 10.9 Å². The van der Waals surface area contributed by atoms with E-state index in [1.54, 1.807) is 12.4 Å². The summed E-state index contributed by atoms with van der Waals surface area (Å²) in [7, 11) is 0. The summed E-state index contributed by atoms with van der Waals surface area (Å²) in [6.45, 7) is 9.45. The Bertz CT molecular complexity index is 834. The first kappa shape index (κ1) is 21.5. The lowest BCUT2D eigenvalue weighted by Gasteiger charge is -2.44. The van der Waals surface area contributed by atoms with Gasteiger partial charge in [-0.05, 0) is 60.0 Å². The Balaban J connectivity index is 1.55. The van der Waals surface area contributed by atoms with Crippen LogP contribution in [0.3, 0.4) is 0 Å². The van der Waals surface area contributed by atoms with E-state index in [0.717, 1.165) is 46.9 Å². The average molecular weight is 463 g/mol. The summed E-state index contributed by atoms with van der Waals surface area (Å²) in [5.41, 5.74) is 1.76. The maximum atomic E-state index is 11.0. The molecule has 8 heteroatoms. The highest BCUT2D eigenvalue weighted by Crippen LogP contribution is 2.21. The minimum Gasteiger partial charge on any atom is -0.492 e. The van der Waals surface area contributed by atoms with Crippen LogP contribution in [0.15, 0.2) is 35.1 Å². The van der Waals surface area contributed by atoms with Gasteiger partial charge in [0.15, 0.2) is 0 Å². The van der Waals surface area contributed by atoms with Crippen molar-refractivity contribution in [2.45, 2.75) is 39.3 Å². The van der Waals surface area contributed by atoms with Gasteiger partial charge in [-0.3, -0.25) is 9.69 Å². The molecule has 0 amide bonds. The zero-order chi connectivity index (χ0) is 21.0. The molecule has 2 heterocycles. The normalized spacial score (nSPS) is 19.9. The molecule has 0 spiro atoms. The molecule has 156 valence electrons. The summed E-state index contributed by atoms with van der Waals surface area (Å²) >= 11 is 3.38. The third-order valence-corrected chi connectivity index (χ3v) is 5.48. The van der Waals surface area contributed by atoms with Crippen LogP contribution in [0, 0.1) is 6.92 Å². The molecule has 2 aromatic rings. The molecule has 0 radical (unpaired) electrons. The van der Waals surface area contributed by atoms with E-state index in [1.807, 2.05) is 25.1 Å². The lowest BCUT2D eigenvalue weighted by atomic mass is 10.1. The van der Waals surface area contributed by atoms with Gasteiger partial charge in [-0.2, -0.15) is 0 Å². The number of piperazine rings is 1. The summed E-state index contributed by atoms with van der Waals surface area (Å²) < 4.78 is 6.83. The van der Waals surface area contributed by atoms with Crippen molar-refractivity contribution in [3.63, 3.8) is 0 Å². The van der Waals surface area contributed by atoms with Crippen molar-refractivity contribution in [2.24, 2.45) is 0 Å². The van der Waals surface area contributed by atoms with Gasteiger partial charge < -0.3 is 14.7 Å². The number of halogens is 1. The molecule has 1 N–H and O–H groups in total. The highest BCUT2D eigenvalue weighted by Gasteiger charge is 2.30. The number of hydrogen-bond acceptors (Lipinski definition) is 6. The highest BCUT2D eigenvalue weighted by molar-refractivity contribution is 9.10. The molecule has 1 aliphatic rings. The van der Waals surface area contributed by atoms with E-state index in [2.05, 4.69) is 49.5 Å². The summed E-state index contributed by atoms with van der Waals surface area (Å²) in [5.74, 6) is 0.647. The number of aryl methyl sites for hydroxylation is 1. The van der Waals surface area contributed by atoms with Gasteiger partial charge in [-0.1, -0.05) is 6.07 Å². The summed E-state index contributed by atoms with van der Waals surface area (Å²) in [5, 5.41) is 9.01. The summed E-state index contributed by atoms with van der Waals surface area (Å²) in [6.07, 6.45) is 3.56. The number of carbonyl (C=O) groups is 1. The van der Waals surface area contributed by atoms with Gasteiger partial charge in [-0.25, -0.2) is 9.97 Å². The fourth-order valence-electron chi connectivity index (χ4n) is 3.88. The van der Waals surface area contributed by atoms with Crippen LogP contribution in [-0.4, -0.2) is 64.3 Å². The molecule has 29 heavy (non-hydrogen) atoms. The Hall–Kier alpha value is -2.19. The van der Waals surface area contributed by atoms with Gasteiger partial charge in [0.1, 0.15) is 12.4 Å². The molecule has 1 aliphatic heterocycles. The first-order valence-corrected chi connectivity index (χ1v) is 10.5. The number of carboxylic acid groups (broad SMARTS) is 1. The van der Waals surface area contributed by atoms with Gasteiger partial charge in [-0.15, -0.1) is 0 Å². The Labute approximate surface area is 179 Å². The van der Waals surface area contributed by atoms with E-state index < -0.39 is 5.97 Å². The number of anilines is 1. The summed E-state index contributed by atoms with van der Waals surface area (Å²) in [6, 6.07) is 6.33. The van der Waals surface area contributed by atoms with E-state index in [9.17, 15) is 4.79 Å². The zero-order valence-electron chi connectivity index (χ0n) is 17.0. The van der Waals surface area contributed by atoms with Gasteiger partial charge in [0.25, 0.3) is 0 Å². The molecule has 0 aliphatic carbocycles. The molecule has 1 saturated heterocycles. The zero-order valence-corrected chi connectivity index (χ0v) is 18.6. The second-order valence-corrected chi connectivity index (χ2v) is 8.53. The van der Waals surface area contributed by atoms with Crippen molar-refractivity contribution in [3.8, 4) is 5.75 Å². The van der Waals surface area contributed by atoms with E-state index in [0.29, 0.717) is 18.7 Å². The number of aliphatic carboxylic acids is 1. The van der Waals surface area contributed by atoms with Crippen LogP contribution in [0.1, 0.15) is 25.0 Å². The Morgan fingerprint density at radius 1 is 1.21 bits per heavy atom. The van der Waals surface area contributed by atoms with E-state index >= 15 is 0 Å². The molecule has 1 aromatic carbocycles. The van der Waals surface area contributed by atoms with E-state index in [4.69, 9.17) is 9.84 Å². The Kier molecular flexibility index (Phi) is 7.08. The van der Waals surface area contributed by atoms with Crippen LogP contribution < -0.4 is 9.64 Å². The van der Waals surface area contributed by atoms with Crippen molar-refractivity contribution < 1.29 is 14.6 Å². The van der Waals surface area contributed by atoms with Gasteiger partial charge >= 0.3 is 5.97 Å². The lowest BCUT2D eigenvalue weighted by molar-refractivity contribution is -0.136. The van der Waals surface area contributed by atoms with Gasteiger partial charge in [0, 0.05) is 44.1 Å². The fourth-order valence-corrected chi connectivity index (χ4v) is 4.09. The quantitative estimate of drug-likeness (QED) is 0.676. The maximum Gasteiger partial charge on any atom is 0.307 e. The molecule has 0 saturated carbocycles. The fraction of sp³-hybridized carbons (Fsp3) is 0.476. The predicted octanol–water partition coefficient (Wildman–Crippen LogP) is 3.15. The largest absolute Gasteiger partial charge is 0.492 e. The van der Waals surface area contributed by atoms with Crippen molar-refractivity contribution in [3.05, 3.63) is 46.2 Å². The minimum atomic E-state index is -0.836. The van der Waals surface area contributed by atoms with E-state index in [1.165, 1.54) is 0 Å². The number of benzene rings is 1. The van der Waals surface area contributed by atoms with Crippen LogP contribution in [0.5, 0.6) is 5.75 Å². The van der Waals surface area contributed by atoms with Crippen LogP contribution >= 0.6 is 15.9 Å². The van der Waals surface area contributed by atoms with E-state index in [-0.39, 0.29) is 6.42 Å². The number of carboxylic acids is 1. The van der Waals surface area contributed by atoms with Crippen molar-refractivity contribution >= 4 is 27.8 Å². The molecular weight excluding hydrogens is 436 g/mol. The van der Waals surface area contributed by atoms with Crippen molar-refractivity contribution in [2.75, 3.05) is 31.1 Å². The Morgan fingerprint density at radius 2 is 1.86 bits per heavy atom. The molecule has 7 nitrogen and oxygen atoms in total. The molecule has 2 atom stereocenters. The SMILES string of the molecule is Cc1cc(CC(=O)O)cc(OCCN2[C@H](C)CN(c3ncc(Br)cn3)C[C@@H]2C)c1. The third-order valence-electron chi connectivity index (χ3n) is 5.08. The average Bonchev–Trinajstić information content (AvgIpc) is 2.63. The number of rotatable bonds is 7. The van der Waals surface area contributed by atoms with Crippen molar-refractivity contribution in [1.29, 1.82) is 0 Å². The Morgan fingerprint density at radius 3 is 2.48 bits per heavy atom. The molecular formula is C21H27BrN4O3. The second-order valence-electron chi connectivity index (χ2n) is 7.62. The van der Waals surface area contributed by atoms with Crippen LogP contribution in [-0.2, 0) is 11.2 Å². The second kappa shape index (κ2) is 9.54. The molecule has 0 unspecified atom stereocenters. The topological polar surface area (TPSA) is 78.8 Å². The number of aromatic nitrogens is 2. The maximum absolute atomic E-state index is 11.0. The molecule has 0 bridgehead atoms. The smallest absolute Gasteiger partial charge is 0.307 e. The highest BCUT2D eigenvalue weighted by atomic mass is 79.9. The molecule has 1 aromatic heterocycles. The number of ether oxygens (including phenoxy) is 1. The first-order chi connectivity index (χ1) is 13.8. The van der Waals surface area contributed by atoms with Crippen LogP contribution in [0.2, 0.25) is 0 Å². The third kappa shape index (κ3) is 5.90. The molecule has 3 rings (SSSR count). The lowest BCUT2D eigenvalue weighted by Crippen LogP contribution is -2.58. The predicted molar refractivity (Wildman–Crippen MR) is 116 cm³/mol. The first-order valence-electron chi connectivity index (χ1n) is 9.75. The van der Waals surface area contributed by atoms with Gasteiger partial charge in [0.2, 0.25) is 5.95 Å². The van der Waals surface area contributed by atoms with Crippen molar-refractivity contribution in [1.82, 2.24) is 14.9 Å². The minimum absolute atomic E-state index is 0.00615. The van der Waals surface area contributed by atoms with Crippen LogP contribution in [0.4, 0.5) is 5.95 Å².